The van der Waals surface area contributed by atoms with Crippen LogP contribution in [0.15, 0.2) is 0 Å². The highest BCUT2D eigenvalue weighted by atomic mass is 16.5. The number of nitrogens with two attached hydrogens (primary N) is 1. The number of hydrogen-bond acceptors (Lipinski definition) is 2. The van der Waals surface area contributed by atoms with Gasteiger partial charge in [-0.2, -0.15) is 0 Å². The van der Waals surface area contributed by atoms with Crippen LogP contribution in [0, 0.1) is 5.92 Å². The first-order valence-electron chi connectivity index (χ1n) is 6.92. The summed E-state index contributed by atoms with van der Waals surface area (Å²) in [5.41, 5.74) is 6.16. The predicted molar refractivity (Wildman–Crippen MR) is 69.5 cm³/mol. The Bertz CT molecular complexity index is 203. The Morgan fingerprint density at radius 1 is 1.25 bits per heavy atom. The summed E-state index contributed by atoms with van der Waals surface area (Å²) in [5, 5.41) is 0. The Hall–Kier alpha value is -0.0800. The van der Waals surface area contributed by atoms with Crippen LogP contribution in [0.25, 0.3) is 0 Å². The molecule has 0 aromatic carbocycles. The standard InChI is InChI=1S/C14H29NO/c1-5-7-11-8-9-12(15)13(10-11)16-14(3,4)6-2/h11-13H,5-10,15H2,1-4H3. The molecule has 0 saturated heterocycles. The molecule has 2 heteroatoms. The summed E-state index contributed by atoms with van der Waals surface area (Å²) in [6, 6.07) is 0.249. The van der Waals surface area contributed by atoms with Gasteiger partial charge in [-0.3, -0.25) is 0 Å². The molecular weight excluding hydrogens is 198 g/mol. The minimum absolute atomic E-state index is 0.0175. The van der Waals surface area contributed by atoms with Gasteiger partial charge in [-0.05, 0) is 45.4 Å². The van der Waals surface area contributed by atoms with Crippen LogP contribution in [0.5, 0.6) is 0 Å². The van der Waals surface area contributed by atoms with Crippen molar-refractivity contribution in [2.75, 3.05) is 0 Å². The van der Waals surface area contributed by atoms with E-state index in [1.54, 1.807) is 0 Å². The topological polar surface area (TPSA) is 35.2 Å². The number of rotatable bonds is 5. The van der Waals surface area contributed by atoms with E-state index in [0.717, 1.165) is 18.8 Å². The summed E-state index contributed by atoms with van der Waals surface area (Å²) in [7, 11) is 0. The highest BCUT2D eigenvalue weighted by Gasteiger charge is 2.32. The van der Waals surface area contributed by atoms with E-state index in [2.05, 4.69) is 27.7 Å². The summed E-state index contributed by atoms with van der Waals surface area (Å²) < 4.78 is 6.19. The molecule has 1 aliphatic carbocycles. The molecule has 0 heterocycles. The van der Waals surface area contributed by atoms with Crippen LogP contribution in [0.4, 0.5) is 0 Å². The molecule has 3 atom stereocenters. The zero-order valence-corrected chi connectivity index (χ0v) is 11.5. The van der Waals surface area contributed by atoms with Gasteiger partial charge in [0.05, 0.1) is 11.7 Å². The minimum atomic E-state index is -0.0175. The fourth-order valence-corrected chi connectivity index (χ4v) is 2.53. The van der Waals surface area contributed by atoms with E-state index in [1.807, 2.05) is 0 Å². The molecule has 1 fully saturated rings. The van der Waals surface area contributed by atoms with Crippen LogP contribution in [-0.2, 0) is 4.74 Å². The van der Waals surface area contributed by atoms with E-state index in [0.29, 0.717) is 0 Å². The zero-order chi connectivity index (χ0) is 12.2. The fraction of sp³-hybridized carbons (Fsp3) is 1.00. The first-order chi connectivity index (χ1) is 7.48. The van der Waals surface area contributed by atoms with Crippen molar-refractivity contribution in [3.05, 3.63) is 0 Å². The van der Waals surface area contributed by atoms with Crippen molar-refractivity contribution in [1.82, 2.24) is 0 Å². The van der Waals surface area contributed by atoms with E-state index in [9.17, 15) is 0 Å². The van der Waals surface area contributed by atoms with Crippen molar-refractivity contribution in [3.63, 3.8) is 0 Å². The third-order valence-corrected chi connectivity index (χ3v) is 3.97. The lowest BCUT2D eigenvalue weighted by molar-refractivity contribution is -0.101. The molecule has 1 saturated carbocycles. The lowest BCUT2D eigenvalue weighted by Gasteiger charge is -2.39. The van der Waals surface area contributed by atoms with E-state index in [4.69, 9.17) is 10.5 Å². The Labute approximate surface area is 101 Å². The molecule has 0 bridgehead atoms. The first-order valence-corrected chi connectivity index (χ1v) is 6.92. The molecular formula is C14H29NO. The van der Waals surface area contributed by atoms with Crippen LogP contribution in [0.2, 0.25) is 0 Å². The maximum absolute atomic E-state index is 6.19. The van der Waals surface area contributed by atoms with Crippen LogP contribution in [0.1, 0.15) is 66.2 Å². The Kier molecular flexibility index (Phi) is 5.26. The van der Waals surface area contributed by atoms with Crippen LogP contribution in [0.3, 0.4) is 0 Å². The molecule has 2 nitrogen and oxygen atoms in total. The number of hydrogen-bond donors (Lipinski definition) is 1. The first kappa shape index (κ1) is 14.0. The van der Waals surface area contributed by atoms with E-state index < -0.39 is 0 Å². The van der Waals surface area contributed by atoms with Gasteiger partial charge in [-0.15, -0.1) is 0 Å². The Morgan fingerprint density at radius 3 is 2.50 bits per heavy atom. The lowest BCUT2D eigenvalue weighted by Crippen LogP contribution is -2.46. The normalized spacial score (nSPS) is 31.7. The summed E-state index contributed by atoms with van der Waals surface area (Å²) in [4.78, 5) is 0. The third-order valence-electron chi connectivity index (χ3n) is 3.97. The molecule has 3 unspecified atom stereocenters. The molecule has 0 radical (unpaired) electrons. The summed E-state index contributed by atoms with van der Waals surface area (Å²) in [6.07, 6.45) is 7.53. The van der Waals surface area contributed by atoms with Gasteiger partial charge < -0.3 is 10.5 Å². The van der Waals surface area contributed by atoms with Gasteiger partial charge >= 0.3 is 0 Å². The monoisotopic (exact) mass is 227 g/mol. The van der Waals surface area contributed by atoms with Crippen molar-refractivity contribution in [2.45, 2.75) is 84.0 Å². The largest absolute Gasteiger partial charge is 0.371 e. The van der Waals surface area contributed by atoms with E-state index >= 15 is 0 Å². The molecule has 0 aliphatic heterocycles. The van der Waals surface area contributed by atoms with E-state index in [1.165, 1.54) is 25.7 Å². The van der Waals surface area contributed by atoms with Crippen molar-refractivity contribution >= 4 is 0 Å². The van der Waals surface area contributed by atoms with Gasteiger partial charge in [0.1, 0.15) is 0 Å². The highest BCUT2D eigenvalue weighted by molar-refractivity contribution is 4.85. The second-order valence-corrected chi connectivity index (χ2v) is 5.90. The molecule has 0 spiro atoms. The summed E-state index contributed by atoms with van der Waals surface area (Å²) in [5.74, 6) is 0.836. The van der Waals surface area contributed by atoms with Crippen molar-refractivity contribution in [1.29, 1.82) is 0 Å². The van der Waals surface area contributed by atoms with Crippen LogP contribution in [-0.4, -0.2) is 17.7 Å². The average molecular weight is 227 g/mol. The predicted octanol–water partition coefficient (Wildman–Crippen LogP) is 3.49. The Morgan fingerprint density at radius 2 is 1.94 bits per heavy atom. The molecule has 0 aromatic rings. The van der Waals surface area contributed by atoms with Crippen LogP contribution >= 0.6 is 0 Å². The smallest absolute Gasteiger partial charge is 0.0735 e. The lowest BCUT2D eigenvalue weighted by atomic mass is 9.81. The molecule has 2 N–H and O–H groups in total. The average Bonchev–Trinajstić information content (AvgIpc) is 2.23. The molecule has 96 valence electrons. The second kappa shape index (κ2) is 6.02. The van der Waals surface area contributed by atoms with Crippen molar-refractivity contribution < 1.29 is 4.74 Å². The van der Waals surface area contributed by atoms with Crippen molar-refractivity contribution in [2.24, 2.45) is 11.7 Å². The molecule has 1 rings (SSSR count). The van der Waals surface area contributed by atoms with Crippen LogP contribution < -0.4 is 5.73 Å². The van der Waals surface area contributed by atoms with E-state index in [-0.39, 0.29) is 17.7 Å². The quantitative estimate of drug-likeness (QED) is 0.780. The maximum atomic E-state index is 6.19. The highest BCUT2D eigenvalue weighted by Crippen LogP contribution is 2.31. The van der Waals surface area contributed by atoms with Gasteiger partial charge in [-0.25, -0.2) is 0 Å². The fourth-order valence-electron chi connectivity index (χ4n) is 2.53. The van der Waals surface area contributed by atoms with Crippen molar-refractivity contribution in [3.8, 4) is 0 Å². The molecule has 0 aromatic heterocycles. The van der Waals surface area contributed by atoms with Gasteiger partial charge in [0.25, 0.3) is 0 Å². The number of ether oxygens (including phenoxy) is 1. The minimum Gasteiger partial charge on any atom is -0.371 e. The van der Waals surface area contributed by atoms with Gasteiger partial charge in [0, 0.05) is 6.04 Å². The third kappa shape index (κ3) is 4.06. The molecule has 16 heavy (non-hydrogen) atoms. The molecule has 0 amide bonds. The summed E-state index contributed by atoms with van der Waals surface area (Å²) >= 11 is 0. The Balaban J connectivity index is 2.49. The summed E-state index contributed by atoms with van der Waals surface area (Å²) in [6.45, 7) is 8.78. The SMILES string of the molecule is CCCC1CCC(N)C(OC(C)(C)CC)C1. The van der Waals surface area contributed by atoms with Gasteiger partial charge in [-0.1, -0.05) is 26.7 Å². The maximum Gasteiger partial charge on any atom is 0.0735 e. The zero-order valence-electron chi connectivity index (χ0n) is 11.5. The van der Waals surface area contributed by atoms with Gasteiger partial charge in [0.2, 0.25) is 0 Å². The van der Waals surface area contributed by atoms with Gasteiger partial charge in [0.15, 0.2) is 0 Å². The second-order valence-electron chi connectivity index (χ2n) is 5.90. The molecule has 1 aliphatic rings.